The van der Waals surface area contributed by atoms with Crippen LogP contribution in [0.2, 0.25) is 0 Å². The second-order valence-corrected chi connectivity index (χ2v) is 5.09. The zero-order valence-corrected chi connectivity index (χ0v) is 11.7. The number of methoxy groups -OCH3 is 2. The molecule has 1 saturated carbocycles. The number of ether oxygens (including phenoxy) is 2. The first-order valence-electron chi connectivity index (χ1n) is 6.71. The summed E-state index contributed by atoms with van der Waals surface area (Å²) in [6.07, 6.45) is 1.33. The van der Waals surface area contributed by atoms with E-state index in [-0.39, 0.29) is 5.92 Å². The Balaban J connectivity index is 2.28. The maximum Gasteiger partial charge on any atom is 0.306 e. The number of aliphatic hydroxyl groups is 1. The van der Waals surface area contributed by atoms with Crippen LogP contribution in [-0.2, 0) is 4.79 Å². The zero-order chi connectivity index (χ0) is 14.7. The molecule has 1 aliphatic carbocycles. The summed E-state index contributed by atoms with van der Waals surface area (Å²) in [6.45, 7) is 0. The standard InChI is InChI=1S/C15H20O5/c1-19-9-6-7-12(13(8-9)20-2)14(16)10-4-3-5-11(10)15(17)18/h6-8,10-11,14,16H,3-5H2,1-2H3,(H,17,18). The summed E-state index contributed by atoms with van der Waals surface area (Å²) in [7, 11) is 3.08. The largest absolute Gasteiger partial charge is 0.497 e. The van der Waals surface area contributed by atoms with Crippen LogP contribution in [-0.4, -0.2) is 30.4 Å². The highest BCUT2D eigenvalue weighted by molar-refractivity contribution is 5.71. The lowest BCUT2D eigenvalue weighted by molar-refractivity contribution is -0.144. The predicted octanol–water partition coefficient (Wildman–Crippen LogP) is 2.24. The average Bonchev–Trinajstić information content (AvgIpc) is 2.95. The van der Waals surface area contributed by atoms with Gasteiger partial charge in [-0.1, -0.05) is 6.42 Å². The molecule has 2 rings (SSSR count). The van der Waals surface area contributed by atoms with Gasteiger partial charge in [-0.3, -0.25) is 4.79 Å². The van der Waals surface area contributed by atoms with E-state index in [0.29, 0.717) is 29.9 Å². The minimum Gasteiger partial charge on any atom is -0.497 e. The van der Waals surface area contributed by atoms with Gasteiger partial charge in [-0.25, -0.2) is 0 Å². The van der Waals surface area contributed by atoms with Crippen LogP contribution in [0.25, 0.3) is 0 Å². The van der Waals surface area contributed by atoms with E-state index >= 15 is 0 Å². The molecule has 110 valence electrons. The van der Waals surface area contributed by atoms with Crippen molar-refractivity contribution in [3.63, 3.8) is 0 Å². The second kappa shape index (κ2) is 6.13. The van der Waals surface area contributed by atoms with Crippen molar-refractivity contribution >= 4 is 5.97 Å². The molecule has 0 amide bonds. The van der Waals surface area contributed by atoms with Crippen molar-refractivity contribution in [1.82, 2.24) is 0 Å². The van der Waals surface area contributed by atoms with Crippen LogP contribution in [0.4, 0.5) is 0 Å². The number of benzene rings is 1. The zero-order valence-electron chi connectivity index (χ0n) is 11.7. The highest BCUT2D eigenvalue weighted by atomic mass is 16.5. The lowest BCUT2D eigenvalue weighted by Crippen LogP contribution is -2.24. The maximum absolute atomic E-state index is 11.2. The monoisotopic (exact) mass is 280 g/mol. The molecular formula is C15H20O5. The van der Waals surface area contributed by atoms with Crippen LogP contribution in [0.15, 0.2) is 18.2 Å². The van der Waals surface area contributed by atoms with Crippen LogP contribution in [0, 0.1) is 11.8 Å². The Kier molecular flexibility index (Phi) is 4.49. The van der Waals surface area contributed by atoms with E-state index in [1.807, 2.05) is 0 Å². The van der Waals surface area contributed by atoms with Gasteiger partial charge in [0.1, 0.15) is 11.5 Å². The molecule has 3 unspecified atom stereocenters. The SMILES string of the molecule is COc1ccc(C(O)C2CCCC2C(=O)O)c(OC)c1. The summed E-state index contributed by atoms with van der Waals surface area (Å²) in [5.41, 5.74) is 0.617. The Morgan fingerprint density at radius 1 is 1.30 bits per heavy atom. The summed E-state index contributed by atoms with van der Waals surface area (Å²) in [4.78, 5) is 11.2. The van der Waals surface area contributed by atoms with Gasteiger partial charge in [-0.05, 0) is 25.0 Å². The van der Waals surface area contributed by atoms with E-state index < -0.39 is 18.0 Å². The summed E-state index contributed by atoms with van der Waals surface area (Å²) in [6, 6.07) is 5.18. The van der Waals surface area contributed by atoms with Gasteiger partial charge in [0, 0.05) is 17.5 Å². The Bertz CT molecular complexity index is 485. The molecule has 3 atom stereocenters. The van der Waals surface area contributed by atoms with E-state index in [2.05, 4.69) is 0 Å². The Morgan fingerprint density at radius 2 is 2.05 bits per heavy atom. The minimum absolute atomic E-state index is 0.269. The highest BCUT2D eigenvalue weighted by Gasteiger charge is 2.38. The van der Waals surface area contributed by atoms with E-state index in [4.69, 9.17) is 9.47 Å². The molecule has 1 aromatic rings. The molecule has 0 spiro atoms. The number of carboxylic acid groups (broad SMARTS) is 1. The van der Waals surface area contributed by atoms with Gasteiger partial charge in [0.25, 0.3) is 0 Å². The van der Waals surface area contributed by atoms with E-state index in [1.54, 1.807) is 25.3 Å². The molecule has 0 bridgehead atoms. The third kappa shape index (κ3) is 2.72. The first kappa shape index (κ1) is 14.7. The summed E-state index contributed by atoms with van der Waals surface area (Å²) < 4.78 is 10.4. The van der Waals surface area contributed by atoms with Gasteiger partial charge >= 0.3 is 5.97 Å². The van der Waals surface area contributed by atoms with Gasteiger partial charge in [0.15, 0.2) is 0 Å². The van der Waals surface area contributed by atoms with Crippen LogP contribution < -0.4 is 9.47 Å². The van der Waals surface area contributed by atoms with E-state index in [0.717, 1.165) is 6.42 Å². The molecule has 20 heavy (non-hydrogen) atoms. The summed E-state index contributed by atoms with van der Waals surface area (Å²) >= 11 is 0. The number of aliphatic carboxylic acids is 1. The Hall–Kier alpha value is -1.75. The molecule has 1 aromatic carbocycles. The molecular weight excluding hydrogens is 260 g/mol. The number of carbonyl (C=O) groups is 1. The third-order valence-electron chi connectivity index (χ3n) is 4.05. The van der Waals surface area contributed by atoms with Gasteiger partial charge in [0.2, 0.25) is 0 Å². The smallest absolute Gasteiger partial charge is 0.306 e. The predicted molar refractivity (Wildman–Crippen MR) is 73.0 cm³/mol. The quantitative estimate of drug-likeness (QED) is 0.865. The van der Waals surface area contributed by atoms with Gasteiger partial charge in [-0.2, -0.15) is 0 Å². The molecule has 0 aromatic heterocycles. The minimum atomic E-state index is -0.834. The number of hydrogen-bond donors (Lipinski definition) is 2. The molecule has 0 heterocycles. The molecule has 1 aliphatic rings. The fraction of sp³-hybridized carbons (Fsp3) is 0.533. The van der Waals surface area contributed by atoms with Crippen LogP contribution in [0.3, 0.4) is 0 Å². The van der Waals surface area contributed by atoms with Crippen molar-refractivity contribution in [2.45, 2.75) is 25.4 Å². The summed E-state index contributed by atoms with van der Waals surface area (Å²) in [5, 5.41) is 19.8. The molecule has 0 aliphatic heterocycles. The lowest BCUT2D eigenvalue weighted by Gasteiger charge is -2.24. The fourth-order valence-electron chi connectivity index (χ4n) is 2.97. The Labute approximate surface area is 118 Å². The topological polar surface area (TPSA) is 76.0 Å². The number of hydrogen-bond acceptors (Lipinski definition) is 4. The maximum atomic E-state index is 11.2. The van der Waals surface area contributed by atoms with E-state index in [9.17, 15) is 15.0 Å². The van der Waals surface area contributed by atoms with Crippen molar-refractivity contribution in [1.29, 1.82) is 0 Å². The first-order chi connectivity index (χ1) is 9.58. The number of carboxylic acids is 1. The molecule has 1 fully saturated rings. The van der Waals surface area contributed by atoms with Crippen molar-refractivity contribution in [2.75, 3.05) is 14.2 Å². The normalized spacial score (nSPS) is 23.4. The van der Waals surface area contributed by atoms with Crippen molar-refractivity contribution in [3.05, 3.63) is 23.8 Å². The number of rotatable bonds is 5. The van der Waals surface area contributed by atoms with Crippen LogP contribution in [0.5, 0.6) is 11.5 Å². The molecule has 5 heteroatoms. The highest BCUT2D eigenvalue weighted by Crippen LogP contribution is 2.43. The number of aliphatic hydroxyl groups excluding tert-OH is 1. The molecule has 0 saturated heterocycles. The molecule has 2 N–H and O–H groups in total. The van der Waals surface area contributed by atoms with Crippen molar-refractivity contribution in [3.8, 4) is 11.5 Å². The second-order valence-electron chi connectivity index (χ2n) is 5.09. The van der Waals surface area contributed by atoms with Crippen LogP contribution >= 0.6 is 0 Å². The summed E-state index contributed by atoms with van der Waals surface area (Å²) in [5.74, 6) is -0.433. The van der Waals surface area contributed by atoms with Crippen molar-refractivity contribution < 1.29 is 24.5 Å². The van der Waals surface area contributed by atoms with E-state index in [1.165, 1.54) is 7.11 Å². The van der Waals surface area contributed by atoms with Crippen LogP contribution in [0.1, 0.15) is 30.9 Å². The first-order valence-corrected chi connectivity index (χ1v) is 6.71. The lowest BCUT2D eigenvalue weighted by atomic mass is 9.86. The molecule has 0 radical (unpaired) electrons. The molecule has 5 nitrogen and oxygen atoms in total. The van der Waals surface area contributed by atoms with Crippen molar-refractivity contribution in [2.24, 2.45) is 11.8 Å². The Morgan fingerprint density at radius 3 is 2.65 bits per heavy atom. The van der Waals surface area contributed by atoms with Gasteiger partial charge < -0.3 is 19.7 Å². The average molecular weight is 280 g/mol. The fourth-order valence-corrected chi connectivity index (χ4v) is 2.97. The van der Waals surface area contributed by atoms with Gasteiger partial charge in [-0.15, -0.1) is 0 Å². The third-order valence-corrected chi connectivity index (χ3v) is 4.05. The van der Waals surface area contributed by atoms with Gasteiger partial charge in [0.05, 0.1) is 26.2 Å².